The molecule has 6 nitrogen and oxygen atoms in total. The maximum Gasteiger partial charge on any atom is 0.231 e. The predicted molar refractivity (Wildman–Crippen MR) is 97.4 cm³/mol. The van der Waals surface area contributed by atoms with E-state index < -0.39 is 0 Å². The zero-order valence-electron chi connectivity index (χ0n) is 13.4. The lowest BCUT2D eigenvalue weighted by Gasteiger charge is -2.11. The Kier molecular flexibility index (Phi) is 4.03. The molecule has 0 radical (unpaired) electrons. The second-order valence-electron chi connectivity index (χ2n) is 5.52. The smallest absolute Gasteiger partial charge is 0.231 e. The van der Waals surface area contributed by atoms with Crippen molar-refractivity contribution in [3.05, 3.63) is 59.4 Å². The van der Waals surface area contributed by atoms with Crippen molar-refractivity contribution in [2.24, 2.45) is 0 Å². The number of fused-ring (bicyclic) bond motifs is 1. The SMILES string of the molecule is Cc1c(Cl)cccc1Nc1cc(Nc2ccc3c(c2)OCO3)ncn1. The van der Waals surface area contributed by atoms with E-state index in [4.69, 9.17) is 21.1 Å². The summed E-state index contributed by atoms with van der Waals surface area (Å²) in [5, 5.41) is 7.20. The highest BCUT2D eigenvalue weighted by atomic mass is 35.5. The molecule has 1 aliphatic rings. The van der Waals surface area contributed by atoms with Crippen molar-refractivity contribution in [3.63, 3.8) is 0 Å². The standard InChI is InChI=1S/C18H15ClN4O2/c1-11-13(19)3-2-4-14(11)23-18-8-17(20-9-21-18)22-12-5-6-15-16(7-12)25-10-24-15/h2-9H,10H2,1H3,(H2,20,21,22,23). The fourth-order valence-corrected chi connectivity index (χ4v) is 2.67. The topological polar surface area (TPSA) is 68.3 Å². The van der Waals surface area contributed by atoms with E-state index in [0.29, 0.717) is 22.4 Å². The van der Waals surface area contributed by atoms with E-state index in [1.54, 1.807) is 0 Å². The summed E-state index contributed by atoms with van der Waals surface area (Å²) < 4.78 is 10.7. The number of nitrogens with one attached hydrogen (secondary N) is 2. The average molecular weight is 355 g/mol. The molecule has 1 aliphatic heterocycles. The van der Waals surface area contributed by atoms with Crippen LogP contribution in [0.4, 0.5) is 23.0 Å². The molecule has 0 unspecified atom stereocenters. The van der Waals surface area contributed by atoms with E-state index in [-0.39, 0.29) is 6.79 Å². The van der Waals surface area contributed by atoms with Crippen LogP contribution in [0.1, 0.15) is 5.56 Å². The van der Waals surface area contributed by atoms with Crippen LogP contribution in [0.2, 0.25) is 5.02 Å². The van der Waals surface area contributed by atoms with Gasteiger partial charge in [-0.25, -0.2) is 9.97 Å². The summed E-state index contributed by atoms with van der Waals surface area (Å²) in [4.78, 5) is 8.50. The Morgan fingerprint density at radius 2 is 1.76 bits per heavy atom. The Morgan fingerprint density at radius 3 is 2.64 bits per heavy atom. The second kappa shape index (κ2) is 6.49. The van der Waals surface area contributed by atoms with Crippen molar-refractivity contribution < 1.29 is 9.47 Å². The van der Waals surface area contributed by atoms with Gasteiger partial charge in [-0.05, 0) is 36.8 Å². The first-order valence-electron chi connectivity index (χ1n) is 7.70. The largest absolute Gasteiger partial charge is 0.454 e. The number of benzene rings is 2. The third kappa shape index (κ3) is 3.29. The molecule has 0 amide bonds. The van der Waals surface area contributed by atoms with Crippen LogP contribution in [0.5, 0.6) is 11.5 Å². The normalized spacial score (nSPS) is 12.1. The molecule has 0 saturated carbocycles. The van der Waals surface area contributed by atoms with Gasteiger partial charge in [0.15, 0.2) is 11.5 Å². The monoisotopic (exact) mass is 354 g/mol. The summed E-state index contributed by atoms with van der Waals surface area (Å²) in [5.74, 6) is 2.79. The van der Waals surface area contributed by atoms with Crippen LogP contribution in [-0.2, 0) is 0 Å². The van der Waals surface area contributed by atoms with Crippen LogP contribution in [0.15, 0.2) is 48.8 Å². The summed E-state index contributed by atoms with van der Waals surface area (Å²) >= 11 is 6.16. The van der Waals surface area contributed by atoms with Crippen molar-refractivity contribution in [2.45, 2.75) is 6.92 Å². The highest BCUT2D eigenvalue weighted by Crippen LogP contribution is 2.35. The minimum absolute atomic E-state index is 0.249. The van der Waals surface area contributed by atoms with Crippen molar-refractivity contribution >= 4 is 34.6 Å². The van der Waals surface area contributed by atoms with E-state index in [1.165, 1.54) is 6.33 Å². The molecule has 4 rings (SSSR count). The first-order valence-corrected chi connectivity index (χ1v) is 8.08. The van der Waals surface area contributed by atoms with Gasteiger partial charge in [0.05, 0.1) is 0 Å². The summed E-state index contributed by atoms with van der Waals surface area (Å²) in [6.07, 6.45) is 1.50. The fraction of sp³-hybridized carbons (Fsp3) is 0.111. The van der Waals surface area contributed by atoms with Crippen molar-refractivity contribution in [1.29, 1.82) is 0 Å². The Labute approximate surface area is 149 Å². The predicted octanol–water partition coefficient (Wildman–Crippen LogP) is 4.65. The second-order valence-corrected chi connectivity index (χ2v) is 5.93. The van der Waals surface area contributed by atoms with Crippen LogP contribution in [0.3, 0.4) is 0 Å². The van der Waals surface area contributed by atoms with Gasteiger partial charge in [-0.2, -0.15) is 0 Å². The van der Waals surface area contributed by atoms with Gasteiger partial charge in [0, 0.05) is 28.5 Å². The molecule has 2 N–H and O–H groups in total. The number of hydrogen-bond donors (Lipinski definition) is 2. The number of halogens is 1. The van der Waals surface area contributed by atoms with Crippen LogP contribution in [-0.4, -0.2) is 16.8 Å². The summed E-state index contributed by atoms with van der Waals surface area (Å²) in [6, 6.07) is 13.2. The molecule has 0 atom stereocenters. The highest BCUT2D eigenvalue weighted by Gasteiger charge is 2.13. The van der Waals surface area contributed by atoms with Crippen molar-refractivity contribution in [1.82, 2.24) is 9.97 Å². The van der Waals surface area contributed by atoms with Crippen LogP contribution >= 0.6 is 11.6 Å². The van der Waals surface area contributed by atoms with Crippen molar-refractivity contribution in [3.8, 4) is 11.5 Å². The number of hydrogen-bond acceptors (Lipinski definition) is 6. The number of aromatic nitrogens is 2. The van der Waals surface area contributed by atoms with E-state index in [0.717, 1.165) is 22.7 Å². The zero-order chi connectivity index (χ0) is 17.2. The first kappa shape index (κ1) is 15.5. The summed E-state index contributed by atoms with van der Waals surface area (Å²) in [7, 11) is 0. The molecule has 25 heavy (non-hydrogen) atoms. The van der Waals surface area contributed by atoms with Gasteiger partial charge in [-0.15, -0.1) is 0 Å². The maximum atomic E-state index is 6.16. The molecule has 1 aromatic heterocycles. The Morgan fingerprint density at radius 1 is 0.960 bits per heavy atom. The number of anilines is 4. The molecule has 126 valence electrons. The Hall–Kier alpha value is -2.99. The van der Waals surface area contributed by atoms with Crippen LogP contribution in [0.25, 0.3) is 0 Å². The third-order valence-corrected chi connectivity index (χ3v) is 4.25. The van der Waals surface area contributed by atoms with E-state index in [2.05, 4.69) is 20.6 Å². The summed E-state index contributed by atoms with van der Waals surface area (Å²) in [6.45, 7) is 2.21. The molecule has 0 aliphatic carbocycles. The van der Waals surface area contributed by atoms with Gasteiger partial charge >= 0.3 is 0 Å². The van der Waals surface area contributed by atoms with Crippen LogP contribution < -0.4 is 20.1 Å². The number of nitrogens with zero attached hydrogens (tertiary/aromatic N) is 2. The first-order chi connectivity index (χ1) is 12.2. The van der Waals surface area contributed by atoms with Gasteiger partial charge in [0.25, 0.3) is 0 Å². The van der Waals surface area contributed by atoms with Gasteiger partial charge in [0.2, 0.25) is 6.79 Å². The lowest BCUT2D eigenvalue weighted by atomic mass is 10.2. The lowest BCUT2D eigenvalue weighted by molar-refractivity contribution is 0.174. The fourth-order valence-electron chi connectivity index (χ4n) is 2.50. The Balaban J connectivity index is 1.54. The Bertz CT molecular complexity index is 933. The van der Waals surface area contributed by atoms with Crippen LogP contribution in [0, 0.1) is 6.92 Å². The zero-order valence-corrected chi connectivity index (χ0v) is 14.2. The molecule has 2 heterocycles. The molecule has 0 spiro atoms. The molecule has 0 bridgehead atoms. The minimum Gasteiger partial charge on any atom is -0.454 e. The van der Waals surface area contributed by atoms with Crippen molar-refractivity contribution in [2.75, 3.05) is 17.4 Å². The van der Waals surface area contributed by atoms with Gasteiger partial charge in [-0.1, -0.05) is 17.7 Å². The maximum absolute atomic E-state index is 6.16. The average Bonchev–Trinajstić information content (AvgIpc) is 3.07. The van der Waals surface area contributed by atoms with E-state index >= 15 is 0 Å². The van der Waals surface area contributed by atoms with E-state index in [9.17, 15) is 0 Å². The third-order valence-electron chi connectivity index (χ3n) is 3.84. The molecule has 7 heteroatoms. The molecule has 0 saturated heterocycles. The molecular formula is C18H15ClN4O2. The minimum atomic E-state index is 0.249. The lowest BCUT2D eigenvalue weighted by Crippen LogP contribution is -1.99. The number of ether oxygens (including phenoxy) is 2. The van der Waals surface area contributed by atoms with E-state index in [1.807, 2.05) is 49.4 Å². The van der Waals surface area contributed by atoms with Gasteiger partial charge < -0.3 is 20.1 Å². The molecule has 0 fully saturated rings. The highest BCUT2D eigenvalue weighted by molar-refractivity contribution is 6.31. The number of rotatable bonds is 4. The summed E-state index contributed by atoms with van der Waals surface area (Å²) in [5.41, 5.74) is 2.72. The quantitative estimate of drug-likeness (QED) is 0.710. The van der Waals surface area contributed by atoms with Gasteiger partial charge in [-0.3, -0.25) is 0 Å². The molecular weight excluding hydrogens is 340 g/mol. The molecule has 3 aromatic rings. The van der Waals surface area contributed by atoms with Gasteiger partial charge in [0.1, 0.15) is 18.0 Å². The molecule has 2 aromatic carbocycles.